The number of hydrogen-bond acceptors (Lipinski definition) is 5. The summed E-state index contributed by atoms with van der Waals surface area (Å²) >= 11 is 0. The Morgan fingerprint density at radius 2 is 1.82 bits per heavy atom. The summed E-state index contributed by atoms with van der Waals surface area (Å²) in [5.74, 6) is 6.33. The number of nitrogens with one attached hydrogen (secondary N) is 1. The molecule has 0 bridgehead atoms. The van der Waals surface area contributed by atoms with Crippen LogP contribution in [-0.2, 0) is 20.9 Å². The number of unbranched alkanes of at least 4 members (excludes halogenated alkanes) is 3. The number of hydrogen-bond donors (Lipinski definition) is 1. The Hall–Kier alpha value is -3.34. The van der Waals surface area contributed by atoms with Gasteiger partial charge < -0.3 is 14.5 Å². The second kappa shape index (κ2) is 12.9. The second-order valence-electron chi connectivity index (χ2n) is 12.4. The molecule has 2 aliphatic heterocycles. The Morgan fingerprint density at radius 3 is 2.52 bits per heavy atom. The highest BCUT2D eigenvalue weighted by molar-refractivity contribution is 6.05. The molecule has 8 nitrogen and oxygen atoms in total. The molecule has 1 atom stereocenters. The molecule has 8 heteroatoms. The van der Waals surface area contributed by atoms with Crippen molar-refractivity contribution < 1.29 is 23.9 Å². The summed E-state index contributed by atoms with van der Waals surface area (Å²) in [7, 11) is 0. The fourth-order valence-electron chi connectivity index (χ4n) is 5.83. The van der Waals surface area contributed by atoms with E-state index in [2.05, 4.69) is 24.1 Å². The van der Waals surface area contributed by atoms with E-state index in [0.29, 0.717) is 25.1 Å². The van der Waals surface area contributed by atoms with Crippen LogP contribution in [0.25, 0.3) is 0 Å². The highest BCUT2D eigenvalue weighted by atomic mass is 16.6. The zero-order valence-electron chi connectivity index (χ0n) is 24.4. The lowest BCUT2D eigenvalue weighted by atomic mass is 9.86. The molecule has 4 rings (SSSR count). The molecule has 2 fully saturated rings. The topological polar surface area (TPSA) is 96.0 Å². The van der Waals surface area contributed by atoms with Crippen LogP contribution in [0.15, 0.2) is 18.2 Å². The first-order valence-corrected chi connectivity index (χ1v) is 14.8. The average Bonchev–Trinajstić information content (AvgIpc) is 3.22. The standard InChI is InChI=1S/C32H43N3O5/c1-22-14-16-24(17-15-22)34(31(39)40-32(2,3)4)20-9-7-5-6-8-11-23-12-10-13-25-26(23)21-35(30(25)38)27-18-19-28(36)33-29(27)37/h10,12-13,22,24,27H,5-7,9,14-21H2,1-4H3,(H,33,36,37)/t22-,24+,27?. The van der Waals surface area contributed by atoms with Crippen molar-refractivity contribution in [2.24, 2.45) is 5.92 Å². The van der Waals surface area contributed by atoms with Crippen molar-refractivity contribution in [1.82, 2.24) is 15.1 Å². The lowest BCUT2D eigenvalue weighted by molar-refractivity contribution is -0.136. The molecule has 0 radical (unpaired) electrons. The Balaban J connectivity index is 1.28. The molecular weight excluding hydrogens is 506 g/mol. The van der Waals surface area contributed by atoms with Gasteiger partial charge in [0.15, 0.2) is 0 Å². The van der Waals surface area contributed by atoms with E-state index >= 15 is 0 Å². The van der Waals surface area contributed by atoms with Crippen LogP contribution >= 0.6 is 0 Å². The normalized spacial score (nSPS) is 22.8. The van der Waals surface area contributed by atoms with Crippen LogP contribution in [0.5, 0.6) is 0 Å². The van der Waals surface area contributed by atoms with Crippen LogP contribution in [0.4, 0.5) is 4.79 Å². The molecule has 1 aliphatic carbocycles. The molecular formula is C32H43N3O5. The van der Waals surface area contributed by atoms with Gasteiger partial charge in [0.2, 0.25) is 11.8 Å². The number of imide groups is 1. The van der Waals surface area contributed by atoms with Gasteiger partial charge in [-0.05, 0) is 89.3 Å². The maximum Gasteiger partial charge on any atom is 0.410 e. The van der Waals surface area contributed by atoms with Crippen LogP contribution in [0.2, 0.25) is 0 Å². The molecule has 216 valence electrons. The first-order chi connectivity index (χ1) is 19.0. The summed E-state index contributed by atoms with van der Waals surface area (Å²) in [6.07, 6.45) is 8.28. The number of carbonyl (C=O) groups excluding carboxylic acids is 4. The number of carbonyl (C=O) groups is 4. The van der Waals surface area contributed by atoms with Crippen molar-refractivity contribution >= 4 is 23.8 Å². The van der Waals surface area contributed by atoms with Gasteiger partial charge in [0.05, 0.1) is 0 Å². The molecule has 1 aromatic carbocycles. The Labute approximate surface area is 238 Å². The van der Waals surface area contributed by atoms with Gasteiger partial charge in [0, 0.05) is 43.1 Å². The number of nitrogens with zero attached hydrogens (tertiary/aromatic N) is 2. The third-order valence-corrected chi connectivity index (χ3v) is 8.06. The minimum Gasteiger partial charge on any atom is -0.444 e. The van der Waals surface area contributed by atoms with E-state index in [1.165, 1.54) is 0 Å². The van der Waals surface area contributed by atoms with E-state index in [4.69, 9.17) is 4.74 Å². The summed E-state index contributed by atoms with van der Waals surface area (Å²) in [4.78, 5) is 53.3. The quantitative estimate of drug-likeness (QED) is 0.287. The largest absolute Gasteiger partial charge is 0.444 e. The van der Waals surface area contributed by atoms with Crippen molar-refractivity contribution in [3.05, 3.63) is 34.9 Å². The van der Waals surface area contributed by atoms with Gasteiger partial charge in [-0.1, -0.05) is 31.3 Å². The van der Waals surface area contributed by atoms with Crippen molar-refractivity contribution in [3.8, 4) is 11.8 Å². The average molecular weight is 550 g/mol. The van der Waals surface area contributed by atoms with Gasteiger partial charge in [-0.25, -0.2) is 4.79 Å². The van der Waals surface area contributed by atoms with E-state index < -0.39 is 17.6 Å². The lowest BCUT2D eigenvalue weighted by Gasteiger charge is -2.37. The van der Waals surface area contributed by atoms with E-state index in [1.54, 1.807) is 11.0 Å². The zero-order valence-corrected chi connectivity index (χ0v) is 24.4. The monoisotopic (exact) mass is 549 g/mol. The summed E-state index contributed by atoms with van der Waals surface area (Å²) in [5, 5.41) is 2.34. The molecule has 1 aromatic rings. The number of benzene rings is 1. The predicted molar refractivity (Wildman–Crippen MR) is 152 cm³/mol. The predicted octanol–water partition coefficient (Wildman–Crippen LogP) is 5.18. The molecule has 1 saturated heterocycles. The van der Waals surface area contributed by atoms with Crippen molar-refractivity contribution in [2.75, 3.05) is 6.54 Å². The van der Waals surface area contributed by atoms with E-state index in [0.717, 1.165) is 68.4 Å². The van der Waals surface area contributed by atoms with Crippen LogP contribution < -0.4 is 5.32 Å². The van der Waals surface area contributed by atoms with Crippen molar-refractivity contribution in [3.63, 3.8) is 0 Å². The van der Waals surface area contributed by atoms with Gasteiger partial charge in [-0.3, -0.25) is 19.7 Å². The third-order valence-electron chi connectivity index (χ3n) is 8.06. The minimum absolute atomic E-state index is 0.185. The molecule has 1 saturated carbocycles. The van der Waals surface area contributed by atoms with Gasteiger partial charge in [-0.15, -0.1) is 0 Å². The highest BCUT2D eigenvalue weighted by Gasteiger charge is 2.39. The number of fused-ring (bicyclic) bond motifs is 1. The van der Waals surface area contributed by atoms with Crippen LogP contribution in [0.1, 0.15) is 113 Å². The van der Waals surface area contributed by atoms with E-state index in [-0.39, 0.29) is 30.4 Å². The Morgan fingerprint density at radius 1 is 1.07 bits per heavy atom. The number of rotatable bonds is 7. The fourth-order valence-corrected chi connectivity index (χ4v) is 5.83. The number of ether oxygens (including phenoxy) is 1. The van der Waals surface area contributed by atoms with Crippen LogP contribution in [-0.4, -0.2) is 57.8 Å². The number of piperidine rings is 1. The lowest BCUT2D eigenvalue weighted by Crippen LogP contribution is -2.52. The van der Waals surface area contributed by atoms with Crippen LogP contribution in [0.3, 0.4) is 0 Å². The molecule has 2 heterocycles. The van der Waals surface area contributed by atoms with Crippen molar-refractivity contribution in [1.29, 1.82) is 0 Å². The van der Waals surface area contributed by atoms with E-state index in [1.807, 2.05) is 37.8 Å². The molecule has 0 spiro atoms. The fraction of sp³-hybridized carbons (Fsp3) is 0.625. The second-order valence-corrected chi connectivity index (χ2v) is 12.4. The zero-order chi connectivity index (χ0) is 28.9. The molecule has 1 N–H and O–H groups in total. The molecule has 40 heavy (non-hydrogen) atoms. The summed E-state index contributed by atoms with van der Waals surface area (Å²) < 4.78 is 5.73. The first kappa shape index (κ1) is 29.6. The van der Waals surface area contributed by atoms with Crippen molar-refractivity contribution in [2.45, 2.75) is 116 Å². The Bertz CT molecular complexity index is 1180. The molecule has 3 aliphatic rings. The smallest absolute Gasteiger partial charge is 0.410 e. The summed E-state index contributed by atoms with van der Waals surface area (Å²) in [6.45, 7) is 9.04. The molecule has 4 amide bonds. The number of amides is 4. The van der Waals surface area contributed by atoms with Gasteiger partial charge in [0.1, 0.15) is 11.6 Å². The summed E-state index contributed by atoms with van der Waals surface area (Å²) in [6, 6.07) is 5.14. The first-order valence-electron chi connectivity index (χ1n) is 14.8. The van der Waals surface area contributed by atoms with E-state index in [9.17, 15) is 19.2 Å². The SMILES string of the molecule is CC(C)(C)OC(=O)N(CCCCCC#Cc1cccc2c1CN(C1CCC(=O)NC1=O)C2=O)[C@H]1CC[C@@H](C)CC1. The molecule has 1 unspecified atom stereocenters. The third kappa shape index (κ3) is 7.44. The maximum atomic E-state index is 13.0. The Kier molecular flexibility index (Phi) is 9.55. The summed E-state index contributed by atoms with van der Waals surface area (Å²) in [5.41, 5.74) is 1.73. The van der Waals surface area contributed by atoms with Gasteiger partial charge in [-0.2, -0.15) is 0 Å². The maximum absolute atomic E-state index is 13.0. The highest BCUT2D eigenvalue weighted by Crippen LogP contribution is 2.30. The molecule has 0 aromatic heterocycles. The van der Waals surface area contributed by atoms with Gasteiger partial charge in [0.25, 0.3) is 5.91 Å². The minimum atomic E-state index is -0.629. The van der Waals surface area contributed by atoms with Gasteiger partial charge >= 0.3 is 6.09 Å². The van der Waals surface area contributed by atoms with Crippen LogP contribution in [0, 0.1) is 17.8 Å².